The molecule has 0 aromatic carbocycles. The van der Waals surface area contributed by atoms with Gasteiger partial charge >= 0.3 is 0 Å². The van der Waals surface area contributed by atoms with E-state index in [0.717, 1.165) is 24.7 Å². The van der Waals surface area contributed by atoms with E-state index >= 15 is 0 Å². The summed E-state index contributed by atoms with van der Waals surface area (Å²) in [4.78, 5) is 11.0. The van der Waals surface area contributed by atoms with Crippen LogP contribution in [0, 0.1) is 17.8 Å². The van der Waals surface area contributed by atoms with Gasteiger partial charge in [-0.1, -0.05) is 25.7 Å². The Bertz CT molecular complexity index is 176. The van der Waals surface area contributed by atoms with Crippen LogP contribution in [0.3, 0.4) is 0 Å². The molecular formula is C10H17NO. The minimum Gasteiger partial charge on any atom is -0.369 e. The van der Waals surface area contributed by atoms with Crippen LogP contribution in [0.2, 0.25) is 0 Å². The number of hydrogen-bond donors (Lipinski definition) is 1. The molecule has 2 saturated carbocycles. The average molecular weight is 167 g/mol. The molecule has 2 nitrogen and oxygen atoms in total. The molecule has 0 radical (unpaired) electrons. The van der Waals surface area contributed by atoms with E-state index in [2.05, 4.69) is 0 Å². The minimum absolute atomic E-state index is 0.0654. The second-order valence-electron chi connectivity index (χ2n) is 4.38. The molecule has 0 spiro atoms. The Balaban J connectivity index is 1.98. The maximum absolute atomic E-state index is 11.0. The van der Waals surface area contributed by atoms with Crippen LogP contribution in [-0.4, -0.2) is 5.91 Å². The Morgan fingerprint density at radius 3 is 2.00 bits per heavy atom. The number of carbonyl (C=O) groups is 1. The first kappa shape index (κ1) is 8.09. The molecule has 2 aliphatic rings. The van der Waals surface area contributed by atoms with E-state index in [1.165, 1.54) is 25.7 Å². The summed E-state index contributed by atoms with van der Waals surface area (Å²) >= 11 is 0. The number of primary amides is 1. The molecule has 68 valence electrons. The van der Waals surface area contributed by atoms with Crippen LogP contribution in [0.5, 0.6) is 0 Å². The van der Waals surface area contributed by atoms with Crippen LogP contribution >= 0.6 is 0 Å². The van der Waals surface area contributed by atoms with E-state index in [0.29, 0.717) is 0 Å². The molecule has 0 saturated heterocycles. The zero-order valence-electron chi connectivity index (χ0n) is 7.46. The summed E-state index contributed by atoms with van der Waals surface area (Å²) in [6.07, 6.45) is 7.59. The van der Waals surface area contributed by atoms with Gasteiger partial charge in [-0.05, 0) is 24.7 Å². The molecule has 0 aromatic heterocycles. The highest BCUT2D eigenvalue weighted by Crippen LogP contribution is 2.44. The van der Waals surface area contributed by atoms with E-state index in [1.54, 1.807) is 0 Å². The Kier molecular flexibility index (Phi) is 2.07. The van der Waals surface area contributed by atoms with Gasteiger partial charge in [-0.3, -0.25) is 4.79 Å². The number of hydrogen-bond acceptors (Lipinski definition) is 1. The molecule has 1 unspecified atom stereocenters. The fourth-order valence-corrected chi connectivity index (χ4v) is 2.96. The van der Waals surface area contributed by atoms with Gasteiger partial charge in [-0.15, -0.1) is 0 Å². The zero-order chi connectivity index (χ0) is 8.55. The third-order valence-corrected chi connectivity index (χ3v) is 3.64. The number of nitrogens with two attached hydrogens (primary N) is 1. The van der Waals surface area contributed by atoms with Crippen molar-refractivity contribution < 1.29 is 4.79 Å². The maximum Gasteiger partial charge on any atom is 0.220 e. The fraction of sp³-hybridized carbons (Fsp3) is 0.900. The van der Waals surface area contributed by atoms with Gasteiger partial charge < -0.3 is 5.73 Å². The molecule has 2 heteroatoms. The predicted molar refractivity (Wildman–Crippen MR) is 47.4 cm³/mol. The lowest BCUT2D eigenvalue weighted by Gasteiger charge is -2.24. The summed E-state index contributed by atoms with van der Waals surface area (Å²) < 4.78 is 0. The van der Waals surface area contributed by atoms with Crippen molar-refractivity contribution in [2.24, 2.45) is 23.5 Å². The van der Waals surface area contributed by atoms with E-state index in [4.69, 9.17) is 5.73 Å². The van der Waals surface area contributed by atoms with Crippen LogP contribution in [0.4, 0.5) is 0 Å². The van der Waals surface area contributed by atoms with Gasteiger partial charge in [0, 0.05) is 5.92 Å². The molecular weight excluding hydrogens is 150 g/mol. The van der Waals surface area contributed by atoms with Crippen LogP contribution in [0.15, 0.2) is 0 Å². The highest BCUT2D eigenvalue weighted by molar-refractivity contribution is 5.76. The third-order valence-electron chi connectivity index (χ3n) is 3.64. The SMILES string of the molecule is NC(=O)C1C[C@H]2CCCC[C@H]2C1. The smallest absolute Gasteiger partial charge is 0.220 e. The molecule has 2 aliphatic carbocycles. The van der Waals surface area contributed by atoms with Gasteiger partial charge in [0.2, 0.25) is 5.91 Å². The second-order valence-corrected chi connectivity index (χ2v) is 4.38. The lowest BCUT2D eigenvalue weighted by atomic mass is 9.82. The maximum atomic E-state index is 11.0. The standard InChI is InChI=1S/C10H17NO/c11-10(12)9-5-7-3-1-2-4-8(7)6-9/h7-9H,1-6H2,(H2,11,12)/t7-,8+,9?. The van der Waals surface area contributed by atoms with Crippen LogP contribution in [-0.2, 0) is 4.79 Å². The Labute approximate surface area is 73.5 Å². The topological polar surface area (TPSA) is 43.1 Å². The van der Waals surface area contributed by atoms with Crippen molar-refractivity contribution in [2.75, 3.05) is 0 Å². The Hall–Kier alpha value is -0.530. The molecule has 0 aromatic rings. The van der Waals surface area contributed by atoms with Crippen molar-refractivity contribution in [1.82, 2.24) is 0 Å². The summed E-state index contributed by atoms with van der Waals surface area (Å²) in [5, 5.41) is 0. The summed E-state index contributed by atoms with van der Waals surface area (Å²) in [5.74, 6) is 1.80. The predicted octanol–water partition coefficient (Wildman–Crippen LogP) is 1.69. The molecule has 1 amide bonds. The number of rotatable bonds is 1. The average Bonchev–Trinajstić information content (AvgIpc) is 2.46. The van der Waals surface area contributed by atoms with Gasteiger partial charge in [-0.25, -0.2) is 0 Å². The summed E-state index contributed by atoms with van der Waals surface area (Å²) in [6.45, 7) is 0. The monoisotopic (exact) mass is 167 g/mol. The van der Waals surface area contributed by atoms with Crippen molar-refractivity contribution in [1.29, 1.82) is 0 Å². The zero-order valence-corrected chi connectivity index (χ0v) is 7.46. The largest absolute Gasteiger partial charge is 0.369 e. The minimum atomic E-state index is -0.0654. The molecule has 2 N–H and O–H groups in total. The highest BCUT2D eigenvalue weighted by atomic mass is 16.1. The first-order chi connectivity index (χ1) is 5.77. The number of amides is 1. The first-order valence-electron chi connectivity index (χ1n) is 5.06. The normalized spacial score (nSPS) is 40.8. The van der Waals surface area contributed by atoms with Crippen LogP contribution in [0.25, 0.3) is 0 Å². The van der Waals surface area contributed by atoms with E-state index in [1.807, 2.05) is 0 Å². The van der Waals surface area contributed by atoms with E-state index in [9.17, 15) is 4.79 Å². The molecule has 0 bridgehead atoms. The fourth-order valence-electron chi connectivity index (χ4n) is 2.96. The number of carbonyl (C=O) groups excluding carboxylic acids is 1. The molecule has 12 heavy (non-hydrogen) atoms. The third kappa shape index (κ3) is 1.35. The van der Waals surface area contributed by atoms with Crippen molar-refractivity contribution in [2.45, 2.75) is 38.5 Å². The van der Waals surface area contributed by atoms with Crippen molar-refractivity contribution in [3.05, 3.63) is 0 Å². The van der Waals surface area contributed by atoms with Crippen molar-refractivity contribution in [3.8, 4) is 0 Å². The number of fused-ring (bicyclic) bond motifs is 1. The second kappa shape index (κ2) is 3.08. The molecule has 0 aliphatic heterocycles. The van der Waals surface area contributed by atoms with Gasteiger partial charge in [0.05, 0.1) is 0 Å². The van der Waals surface area contributed by atoms with Gasteiger partial charge in [0.1, 0.15) is 0 Å². The molecule has 2 fully saturated rings. The summed E-state index contributed by atoms with van der Waals surface area (Å²) in [5.41, 5.74) is 5.31. The van der Waals surface area contributed by atoms with Crippen LogP contribution in [0.1, 0.15) is 38.5 Å². The Morgan fingerprint density at radius 2 is 1.58 bits per heavy atom. The lowest BCUT2D eigenvalue weighted by molar-refractivity contribution is -0.121. The van der Waals surface area contributed by atoms with E-state index < -0.39 is 0 Å². The highest BCUT2D eigenvalue weighted by Gasteiger charge is 2.37. The first-order valence-corrected chi connectivity index (χ1v) is 5.06. The molecule has 3 atom stereocenters. The van der Waals surface area contributed by atoms with E-state index in [-0.39, 0.29) is 11.8 Å². The van der Waals surface area contributed by atoms with Gasteiger partial charge in [0.25, 0.3) is 0 Å². The van der Waals surface area contributed by atoms with Crippen molar-refractivity contribution in [3.63, 3.8) is 0 Å². The molecule has 2 rings (SSSR count). The molecule has 0 heterocycles. The Morgan fingerprint density at radius 1 is 1.08 bits per heavy atom. The lowest BCUT2D eigenvalue weighted by Crippen LogP contribution is -2.20. The summed E-state index contributed by atoms with van der Waals surface area (Å²) in [6, 6.07) is 0. The van der Waals surface area contributed by atoms with Gasteiger partial charge in [0.15, 0.2) is 0 Å². The summed E-state index contributed by atoms with van der Waals surface area (Å²) in [7, 11) is 0. The van der Waals surface area contributed by atoms with Crippen molar-refractivity contribution >= 4 is 5.91 Å². The van der Waals surface area contributed by atoms with Gasteiger partial charge in [-0.2, -0.15) is 0 Å². The van der Waals surface area contributed by atoms with Crippen LogP contribution < -0.4 is 5.73 Å². The quantitative estimate of drug-likeness (QED) is 0.634.